The molecule has 0 unspecified atom stereocenters. The molecular formula is C17H27NO2. The Morgan fingerprint density at radius 1 is 1.25 bits per heavy atom. The third-order valence-corrected chi connectivity index (χ3v) is 3.25. The molecule has 0 saturated heterocycles. The maximum atomic E-state index is 12.3. The van der Waals surface area contributed by atoms with E-state index >= 15 is 0 Å². The molecule has 112 valence electrons. The second-order valence-corrected chi connectivity index (χ2v) is 5.71. The van der Waals surface area contributed by atoms with Crippen LogP contribution < -0.4 is 0 Å². The van der Waals surface area contributed by atoms with E-state index in [-0.39, 0.29) is 5.91 Å². The zero-order valence-corrected chi connectivity index (χ0v) is 13.2. The molecule has 0 fully saturated rings. The van der Waals surface area contributed by atoms with Gasteiger partial charge in [0.1, 0.15) is 0 Å². The average molecular weight is 277 g/mol. The van der Waals surface area contributed by atoms with Crippen LogP contribution in [0.15, 0.2) is 24.3 Å². The summed E-state index contributed by atoms with van der Waals surface area (Å²) in [7, 11) is 1.67. The highest BCUT2D eigenvalue weighted by atomic mass is 16.5. The first-order valence-electron chi connectivity index (χ1n) is 7.35. The van der Waals surface area contributed by atoms with Crippen molar-refractivity contribution in [2.75, 3.05) is 26.8 Å². The number of hydrogen-bond acceptors (Lipinski definition) is 2. The molecule has 0 aliphatic carbocycles. The van der Waals surface area contributed by atoms with Gasteiger partial charge in [0.15, 0.2) is 0 Å². The number of benzene rings is 1. The molecule has 0 atom stereocenters. The maximum absolute atomic E-state index is 12.3. The van der Waals surface area contributed by atoms with Gasteiger partial charge in [-0.2, -0.15) is 0 Å². The standard InChI is InChI=1S/C17H27NO2/c1-14(2)13-18(11-12-20-4)17(19)10-9-16-7-5-15(3)6-8-16/h5-8,14H,9-13H2,1-4H3. The molecule has 0 saturated carbocycles. The van der Waals surface area contributed by atoms with E-state index in [2.05, 4.69) is 45.0 Å². The summed E-state index contributed by atoms with van der Waals surface area (Å²) >= 11 is 0. The molecular weight excluding hydrogens is 250 g/mol. The van der Waals surface area contributed by atoms with Gasteiger partial charge in [0, 0.05) is 26.6 Å². The van der Waals surface area contributed by atoms with E-state index in [9.17, 15) is 4.79 Å². The molecule has 0 aromatic heterocycles. The number of rotatable bonds is 8. The van der Waals surface area contributed by atoms with Gasteiger partial charge >= 0.3 is 0 Å². The SMILES string of the molecule is COCCN(CC(C)C)C(=O)CCc1ccc(C)cc1. The van der Waals surface area contributed by atoms with Crippen LogP contribution in [-0.4, -0.2) is 37.6 Å². The fourth-order valence-corrected chi connectivity index (χ4v) is 2.12. The largest absolute Gasteiger partial charge is 0.383 e. The topological polar surface area (TPSA) is 29.5 Å². The number of hydrogen-bond donors (Lipinski definition) is 0. The summed E-state index contributed by atoms with van der Waals surface area (Å²) in [4.78, 5) is 14.2. The van der Waals surface area contributed by atoms with Crippen molar-refractivity contribution in [2.24, 2.45) is 5.92 Å². The Morgan fingerprint density at radius 3 is 2.45 bits per heavy atom. The molecule has 0 aliphatic rings. The van der Waals surface area contributed by atoms with E-state index in [4.69, 9.17) is 4.74 Å². The quantitative estimate of drug-likeness (QED) is 0.731. The first kappa shape index (κ1) is 16.7. The summed E-state index contributed by atoms with van der Waals surface area (Å²) in [5, 5.41) is 0. The number of nitrogens with zero attached hydrogens (tertiary/aromatic N) is 1. The number of carbonyl (C=O) groups is 1. The van der Waals surface area contributed by atoms with Gasteiger partial charge in [-0.1, -0.05) is 43.7 Å². The highest BCUT2D eigenvalue weighted by molar-refractivity contribution is 5.76. The highest BCUT2D eigenvalue weighted by Crippen LogP contribution is 2.08. The summed E-state index contributed by atoms with van der Waals surface area (Å²) in [6, 6.07) is 8.39. The molecule has 0 N–H and O–H groups in total. The fraction of sp³-hybridized carbons (Fsp3) is 0.588. The van der Waals surface area contributed by atoms with E-state index in [0.717, 1.165) is 13.0 Å². The lowest BCUT2D eigenvalue weighted by Gasteiger charge is -2.24. The Bertz CT molecular complexity index is 398. The van der Waals surface area contributed by atoms with Crippen molar-refractivity contribution in [1.82, 2.24) is 4.90 Å². The normalized spacial score (nSPS) is 10.8. The first-order chi connectivity index (χ1) is 9.52. The summed E-state index contributed by atoms with van der Waals surface area (Å²) in [5.41, 5.74) is 2.47. The summed E-state index contributed by atoms with van der Waals surface area (Å²) in [5.74, 6) is 0.700. The van der Waals surface area contributed by atoms with Gasteiger partial charge in [-0.05, 0) is 24.8 Å². The number of ether oxygens (including phenoxy) is 1. The molecule has 1 aromatic carbocycles. The predicted molar refractivity (Wildman–Crippen MR) is 82.8 cm³/mol. The monoisotopic (exact) mass is 277 g/mol. The zero-order chi connectivity index (χ0) is 15.0. The molecule has 3 heteroatoms. The first-order valence-corrected chi connectivity index (χ1v) is 7.35. The minimum Gasteiger partial charge on any atom is -0.383 e. The second kappa shape index (κ2) is 8.75. The third-order valence-electron chi connectivity index (χ3n) is 3.25. The molecule has 1 aromatic rings. The minimum absolute atomic E-state index is 0.219. The van der Waals surface area contributed by atoms with Crippen molar-refractivity contribution in [3.8, 4) is 0 Å². The highest BCUT2D eigenvalue weighted by Gasteiger charge is 2.14. The summed E-state index contributed by atoms with van der Waals surface area (Å²) < 4.78 is 5.09. The summed E-state index contributed by atoms with van der Waals surface area (Å²) in [6.07, 6.45) is 1.38. The predicted octanol–water partition coefficient (Wildman–Crippen LogP) is 3.06. The second-order valence-electron chi connectivity index (χ2n) is 5.71. The third kappa shape index (κ3) is 6.20. The van der Waals surface area contributed by atoms with E-state index in [1.165, 1.54) is 11.1 Å². The van der Waals surface area contributed by atoms with Crippen LogP contribution in [0.3, 0.4) is 0 Å². The number of amides is 1. The van der Waals surface area contributed by atoms with Gasteiger partial charge in [-0.15, -0.1) is 0 Å². The van der Waals surface area contributed by atoms with Gasteiger partial charge < -0.3 is 9.64 Å². The molecule has 1 amide bonds. The molecule has 0 radical (unpaired) electrons. The Kier molecular flexibility index (Phi) is 7.31. The van der Waals surface area contributed by atoms with Crippen LogP contribution in [0, 0.1) is 12.8 Å². The van der Waals surface area contributed by atoms with Gasteiger partial charge in [0.25, 0.3) is 0 Å². The summed E-state index contributed by atoms with van der Waals surface area (Å²) in [6.45, 7) is 8.42. The van der Waals surface area contributed by atoms with Crippen molar-refractivity contribution < 1.29 is 9.53 Å². The fourth-order valence-electron chi connectivity index (χ4n) is 2.12. The van der Waals surface area contributed by atoms with E-state index in [0.29, 0.717) is 25.5 Å². The van der Waals surface area contributed by atoms with Crippen molar-refractivity contribution in [2.45, 2.75) is 33.6 Å². The number of carbonyl (C=O) groups excluding carboxylic acids is 1. The molecule has 0 spiro atoms. The van der Waals surface area contributed by atoms with Gasteiger partial charge in [0.2, 0.25) is 5.91 Å². The van der Waals surface area contributed by atoms with Crippen molar-refractivity contribution in [3.05, 3.63) is 35.4 Å². The lowest BCUT2D eigenvalue weighted by Crippen LogP contribution is -2.36. The van der Waals surface area contributed by atoms with E-state index in [1.54, 1.807) is 7.11 Å². The Labute approximate surface area is 122 Å². The molecule has 0 aliphatic heterocycles. The van der Waals surface area contributed by atoms with Crippen LogP contribution in [0.4, 0.5) is 0 Å². The Balaban J connectivity index is 2.49. The van der Waals surface area contributed by atoms with Gasteiger partial charge in [-0.25, -0.2) is 0 Å². The zero-order valence-electron chi connectivity index (χ0n) is 13.2. The number of methoxy groups -OCH3 is 1. The van der Waals surface area contributed by atoms with Crippen LogP contribution in [-0.2, 0) is 16.0 Å². The molecule has 0 heterocycles. The smallest absolute Gasteiger partial charge is 0.222 e. The van der Waals surface area contributed by atoms with Crippen LogP contribution >= 0.6 is 0 Å². The van der Waals surface area contributed by atoms with E-state index in [1.807, 2.05) is 4.90 Å². The van der Waals surface area contributed by atoms with Crippen LogP contribution in [0.5, 0.6) is 0 Å². The van der Waals surface area contributed by atoms with Crippen LogP contribution in [0.25, 0.3) is 0 Å². The Hall–Kier alpha value is -1.35. The molecule has 3 nitrogen and oxygen atoms in total. The molecule has 0 bridgehead atoms. The Morgan fingerprint density at radius 2 is 1.90 bits per heavy atom. The lowest BCUT2D eigenvalue weighted by molar-refractivity contribution is -0.132. The van der Waals surface area contributed by atoms with Gasteiger partial charge in [0.05, 0.1) is 6.61 Å². The average Bonchev–Trinajstić information content (AvgIpc) is 2.42. The maximum Gasteiger partial charge on any atom is 0.222 e. The van der Waals surface area contributed by atoms with Crippen molar-refractivity contribution in [1.29, 1.82) is 0 Å². The van der Waals surface area contributed by atoms with E-state index < -0.39 is 0 Å². The van der Waals surface area contributed by atoms with Crippen LogP contribution in [0.1, 0.15) is 31.4 Å². The van der Waals surface area contributed by atoms with Gasteiger partial charge in [-0.3, -0.25) is 4.79 Å². The molecule has 1 rings (SSSR count). The number of aryl methyl sites for hydroxylation is 2. The lowest BCUT2D eigenvalue weighted by atomic mass is 10.1. The van der Waals surface area contributed by atoms with Crippen molar-refractivity contribution in [3.63, 3.8) is 0 Å². The van der Waals surface area contributed by atoms with Crippen molar-refractivity contribution >= 4 is 5.91 Å². The molecule has 20 heavy (non-hydrogen) atoms. The van der Waals surface area contributed by atoms with Crippen LogP contribution in [0.2, 0.25) is 0 Å². The minimum atomic E-state index is 0.219.